The molecule has 0 spiro atoms. The Morgan fingerprint density at radius 3 is 2.13 bits per heavy atom. The second kappa shape index (κ2) is 4.65. The third kappa shape index (κ3) is 2.71. The minimum Gasteiger partial charge on any atom is -0.464 e. The van der Waals surface area contributed by atoms with Crippen molar-refractivity contribution in [2.75, 3.05) is 7.11 Å². The van der Waals surface area contributed by atoms with Crippen LogP contribution in [0.4, 0.5) is 8.78 Å². The lowest BCUT2D eigenvalue weighted by Crippen LogP contribution is -2.54. The molecule has 0 aromatic carbocycles. The fourth-order valence-corrected chi connectivity index (χ4v) is 1.19. The summed E-state index contributed by atoms with van der Waals surface area (Å²) in [6.07, 6.45) is -1.21. The van der Waals surface area contributed by atoms with Crippen LogP contribution >= 0.6 is 0 Å². The molecule has 1 N–H and O–H groups in total. The van der Waals surface area contributed by atoms with E-state index in [4.69, 9.17) is 0 Å². The molecule has 0 rings (SSSR count). The van der Waals surface area contributed by atoms with Gasteiger partial charge in [-0.05, 0) is 13.3 Å². The molecule has 0 saturated heterocycles. The second-order valence-corrected chi connectivity index (χ2v) is 3.33. The van der Waals surface area contributed by atoms with E-state index in [1.807, 2.05) is 0 Å². The maximum absolute atomic E-state index is 13.4. The normalized spacial score (nSPS) is 15.6. The SMILES string of the molecule is CCC(O)(CC(C)=O)C(F)(F)C(=O)OC. The first kappa shape index (κ1) is 14.0. The molecule has 0 fully saturated rings. The van der Waals surface area contributed by atoms with Crippen LogP contribution in [-0.2, 0) is 14.3 Å². The lowest BCUT2D eigenvalue weighted by molar-refractivity contribution is -0.213. The van der Waals surface area contributed by atoms with Crippen molar-refractivity contribution >= 4 is 11.8 Å². The van der Waals surface area contributed by atoms with Crippen LogP contribution in [0.3, 0.4) is 0 Å². The van der Waals surface area contributed by atoms with E-state index in [-0.39, 0.29) is 0 Å². The summed E-state index contributed by atoms with van der Waals surface area (Å²) in [7, 11) is 0.792. The van der Waals surface area contributed by atoms with Gasteiger partial charge in [0.25, 0.3) is 0 Å². The Bertz CT molecular complexity index is 265. The van der Waals surface area contributed by atoms with Gasteiger partial charge in [-0.15, -0.1) is 0 Å². The van der Waals surface area contributed by atoms with Gasteiger partial charge in [-0.25, -0.2) is 4.79 Å². The van der Waals surface area contributed by atoms with Crippen molar-refractivity contribution in [1.82, 2.24) is 0 Å². The van der Waals surface area contributed by atoms with Crippen molar-refractivity contribution in [1.29, 1.82) is 0 Å². The van der Waals surface area contributed by atoms with Crippen LogP contribution in [0.15, 0.2) is 0 Å². The second-order valence-electron chi connectivity index (χ2n) is 3.33. The molecule has 0 aromatic heterocycles. The Labute approximate surface area is 86.2 Å². The van der Waals surface area contributed by atoms with Crippen molar-refractivity contribution in [3.63, 3.8) is 0 Å². The average Bonchev–Trinajstić information content (AvgIpc) is 2.14. The highest BCUT2D eigenvalue weighted by molar-refractivity contribution is 5.82. The number of carbonyl (C=O) groups excluding carboxylic acids is 2. The van der Waals surface area contributed by atoms with Gasteiger partial charge in [0.05, 0.1) is 7.11 Å². The highest BCUT2D eigenvalue weighted by Crippen LogP contribution is 2.35. The van der Waals surface area contributed by atoms with Crippen LogP contribution in [0, 0.1) is 0 Å². The van der Waals surface area contributed by atoms with Crippen molar-refractivity contribution in [2.24, 2.45) is 0 Å². The first-order valence-electron chi connectivity index (χ1n) is 4.39. The van der Waals surface area contributed by atoms with Gasteiger partial charge < -0.3 is 9.84 Å². The summed E-state index contributed by atoms with van der Waals surface area (Å²) in [5.74, 6) is -6.54. The summed E-state index contributed by atoms with van der Waals surface area (Å²) in [5, 5.41) is 9.55. The number of ether oxygens (including phenoxy) is 1. The first-order chi connectivity index (χ1) is 6.71. The molecule has 0 saturated carbocycles. The summed E-state index contributed by atoms with van der Waals surface area (Å²) in [4.78, 5) is 21.5. The van der Waals surface area contributed by atoms with Crippen LogP contribution in [0.25, 0.3) is 0 Å². The number of aliphatic hydroxyl groups is 1. The third-order valence-electron chi connectivity index (χ3n) is 2.15. The van der Waals surface area contributed by atoms with Crippen molar-refractivity contribution < 1.29 is 28.2 Å². The molecule has 4 nitrogen and oxygen atoms in total. The zero-order chi connectivity index (χ0) is 12.3. The maximum Gasteiger partial charge on any atom is 0.379 e. The highest BCUT2D eigenvalue weighted by Gasteiger charge is 2.58. The molecular weight excluding hydrogens is 210 g/mol. The number of Topliss-reactive ketones (excluding diaryl/α,β-unsaturated/α-hetero) is 1. The number of esters is 1. The van der Waals surface area contributed by atoms with Crippen LogP contribution in [0.5, 0.6) is 0 Å². The number of ketones is 1. The molecule has 0 aromatic rings. The Morgan fingerprint density at radius 1 is 1.40 bits per heavy atom. The van der Waals surface area contributed by atoms with Gasteiger partial charge in [0, 0.05) is 6.42 Å². The van der Waals surface area contributed by atoms with Gasteiger partial charge in [0.15, 0.2) is 0 Å². The molecule has 1 unspecified atom stereocenters. The highest BCUT2D eigenvalue weighted by atomic mass is 19.3. The summed E-state index contributed by atoms with van der Waals surface area (Å²) in [5.41, 5.74) is -2.67. The van der Waals surface area contributed by atoms with Crippen LogP contribution < -0.4 is 0 Å². The van der Waals surface area contributed by atoms with Crippen molar-refractivity contribution in [3.8, 4) is 0 Å². The number of carbonyl (C=O) groups is 2. The van der Waals surface area contributed by atoms with E-state index in [1.54, 1.807) is 0 Å². The summed E-state index contributed by atoms with van der Waals surface area (Å²) in [6, 6.07) is 0. The molecule has 15 heavy (non-hydrogen) atoms. The third-order valence-corrected chi connectivity index (χ3v) is 2.15. The number of hydrogen-bond acceptors (Lipinski definition) is 4. The quantitative estimate of drug-likeness (QED) is 0.705. The molecule has 0 aliphatic carbocycles. The number of hydrogen-bond donors (Lipinski definition) is 1. The minimum atomic E-state index is -4.08. The lowest BCUT2D eigenvalue weighted by Gasteiger charge is -2.32. The molecule has 0 bridgehead atoms. The monoisotopic (exact) mass is 224 g/mol. The first-order valence-corrected chi connectivity index (χ1v) is 4.39. The lowest BCUT2D eigenvalue weighted by atomic mass is 9.87. The topological polar surface area (TPSA) is 63.6 Å². The number of halogens is 2. The Hall–Kier alpha value is -1.04. The minimum absolute atomic E-state index is 0.422. The molecule has 6 heteroatoms. The molecule has 0 radical (unpaired) electrons. The van der Waals surface area contributed by atoms with E-state index in [1.165, 1.54) is 6.92 Å². The number of methoxy groups -OCH3 is 1. The molecule has 88 valence electrons. The zero-order valence-corrected chi connectivity index (χ0v) is 8.84. The Balaban J connectivity index is 5.08. The smallest absolute Gasteiger partial charge is 0.379 e. The Morgan fingerprint density at radius 2 is 1.87 bits per heavy atom. The average molecular weight is 224 g/mol. The van der Waals surface area contributed by atoms with Crippen LogP contribution in [0.2, 0.25) is 0 Å². The molecule has 1 atom stereocenters. The molecule has 0 amide bonds. The van der Waals surface area contributed by atoms with Crippen LogP contribution in [0.1, 0.15) is 26.7 Å². The van der Waals surface area contributed by atoms with Crippen LogP contribution in [-0.4, -0.2) is 35.5 Å². The van der Waals surface area contributed by atoms with E-state index in [2.05, 4.69) is 4.74 Å². The van der Waals surface area contributed by atoms with E-state index >= 15 is 0 Å². The Kier molecular flexibility index (Phi) is 4.33. The molecular formula is C9H14F2O4. The van der Waals surface area contributed by atoms with Gasteiger partial charge in [-0.2, -0.15) is 8.78 Å². The van der Waals surface area contributed by atoms with E-state index in [0.717, 1.165) is 14.0 Å². The summed E-state index contributed by atoms with van der Waals surface area (Å²) in [6.45, 7) is 2.33. The van der Waals surface area contributed by atoms with E-state index < -0.39 is 36.1 Å². The predicted octanol–water partition coefficient (Wildman–Crippen LogP) is 0.915. The van der Waals surface area contributed by atoms with Gasteiger partial charge in [0.1, 0.15) is 11.4 Å². The molecule has 0 aliphatic rings. The molecule has 0 heterocycles. The summed E-state index contributed by atoms with van der Waals surface area (Å²) >= 11 is 0. The number of rotatable bonds is 5. The summed E-state index contributed by atoms with van der Waals surface area (Å²) < 4.78 is 30.6. The predicted molar refractivity (Wildman–Crippen MR) is 47.5 cm³/mol. The largest absolute Gasteiger partial charge is 0.464 e. The van der Waals surface area contributed by atoms with Gasteiger partial charge in [-0.1, -0.05) is 6.92 Å². The fraction of sp³-hybridized carbons (Fsp3) is 0.778. The fourth-order valence-electron chi connectivity index (χ4n) is 1.19. The standard InChI is InChI=1S/C9H14F2O4/c1-4-8(14,5-6(2)12)9(10,11)7(13)15-3/h14H,4-5H2,1-3H3. The van der Waals surface area contributed by atoms with E-state index in [0.29, 0.717) is 0 Å². The van der Waals surface area contributed by atoms with Gasteiger partial charge in [-0.3, -0.25) is 4.79 Å². The van der Waals surface area contributed by atoms with Gasteiger partial charge >= 0.3 is 11.9 Å². The zero-order valence-electron chi connectivity index (χ0n) is 8.84. The van der Waals surface area contributed by atoms with Crippen molar-refractivity contribution in [3.05, 3.63) is 0 Å². The van der Waals surface area contributed by atoms with Gasteiger partial charge in [0.2, 0.25) is 0 Å². The molecule has 0 aliphatic heterocycles. The van der Waals surface area contributed by atoms with E-state index in [9.17, 15) is 23.5 Å². The number of alkyl halides is 2. The maximum atomic E-state index is 13.4. The van der Waals surface area contributed by atoms with Crippen molar-refractivity contribution in [2.45, 2.75) is 38.2 Å².